The third-order valence-corrected chi connectivity index (χ3v) is 3.71. The van der Waals surface area contributed by atoms with Crippen molar-refractivity contribution < 1.29 is 14.3 Å². The molecule has 4 nitrogen and oxygen atoms in total. The zero-order chi connectivity index (χ0) is 17.1. The molecule has 0 aliphatic heterocycles. The van der Waals surface area contributed by atoms with E-state index in [4.69, 9.17) is 0 Å². The predicted octanol–water partition coefficient (Wildman–Crippen LogP) is 3.88. The van der Waals surface area contributed by atoms with Crippen LogP contribution in [0.5, 0.6) is 0 Å². The van der Waals surface area contributed by atoms with Crippen molar-refractivity contribution in [3.05, 3.63) is 82.9 Å². The van der Waals surface area contributed by atoms with Crippen LogP contribution in [0, 0.1) is 12.7 Å². The van der Waals surface area contributed by atoms with Crippen molar-refractivity contribution in [1.29, 1.82) is 0 Å². The highest BCUT2D eigenvalue weighted by atomic mass is 19.1. The summed E-state index contributed by atoms with van der Waals surface area (Å²) in [6.07, 6.45) is 3.60. The number of hydrogen-bond donors (Lipinski definition) is 1. The summed E-state index contributed by atoms with van der Waals surface area (Å²) in [6.45, 7) is 1.85. The Hall–Kier alpha value is -3.08. The summed E-state index contributed by atoms with van der Waals surface area (Å²) in [5.74, 6) is -1.03. The lowest BCUT2D eigenvalue weighted by molar-refractivity contribution is 0.0695. The van der Waals surface area contributed by atoms with Crippen LogP contribution in [0.3, 0.4) is 0 Å². The van der Waals surface area contributed by atoms with E-state index in [2.05, 4.69) is 9.97 Å². The first-order valence-corrected chi connectivity index (χ1v) is 7.43. The molecule has 0 unspecified atom stereocenters. The Morgan fingerprint density at radius 3 is 2.50 bits per heavy atom. The number of nitrogens with zero attached hydrogens (tertiary/aromatic N) is 2. The molecule has 0 bridgehead atoms. The molecule has 0 aliphatic carbocycles. The maximum atomic E-state index is 13.8. The van der Waals surface area contributed by atoms with E-state index in [0.717, 1.165) is 11.1 Å². The lowest BCUT2D eigenvalue weighted by Crippen LogP contribution is -2.04. The predicted molar refractivity (Wildman–Crippen MR) is 88.4 cm³/mol. The van der Waals surface area contributed by atoms with Gasteiger partial charge in [-0.15, -0.1) is 0 Å². The van der Waals surface area contributed by atoms with Gasteiger partial charge in [0, 0.05) is 18.8 Å². The first kappa shape index (κ1) is 15.8. The number of carbonyl (C=O) groups is 1. The Kier molecular flexibility index (Phi) is 4.33. The molecule has 3 aromatic rings. The molecule has 120 valence electrons. The smallest absolute Gasteiger partial charge is 0.335 e. The molecule has 24 heavy (non-hydrogen) atoms. The van der Waals surface area contributed by atoms with Crippen molar-refractivity contribution in [2.45, 2.75) is 13.3 Å². The van der Waals surface area contributed by atoms with Crippen LogP contribution in [-0.2, 0) is 6.42 Å². The van der Waals surface area contributed by atoms with Gasteiger partial charge in [-0.2, -0.15) is 0 Å². The molecule has 1 heterocycles. The molecular weight excluding hydrogens is 307 g/mol. The summed E-state index contributed by atoms with van der Waals surface area (Å²) in [6, 6.07) is 11.6. The summed E-state index contributed by atoms with van der Waals surface area (Å²) < 4.78 is 13.8. The number of aryl methyl sites for hydroxylation is 1. The third kappa shape index (κ3) is 3.30. The number of benzene rings is 2. The van der Waals surface area contributed by atoms with Gasteiger partial charge in [0.2, 0.25) is 0 Å². The molecule has 0 amide bonds. The Balaban J connectivity index is 1.88. The highest BCUT2D eigenvalue weighted by Gasteiger charge is 2.12. The number of hydrogen-bond acceptors (Lipinski definition) is 3. The summed E-state index contributed by atoms with van der Waals surface area (Å²) in [5, 5.41) is 9.32. The van der Waals surface area contributed by atoms with Crippen molar-refractivity contribution in [2.75, 3.05) is 0 Å². The summed E-state index contributed by atoms with van der Waals surface area (Å²) >= 11 is 0. The molecule has 3 rings (SSSR count). The van der Waals surface area contributed by atoms with E-state index in [1.807, 2.05) is 13.0 Å². The fraction of sp³-hybridized carbons (Fsp3) is 0.105. The monoisotopic (exact) mass is 322 g/mol. The maximum Gasteiger partial charge on any atom is 0.335 e. The average Bonchev–Trinajstić information content (AvgIpc) is 2.57. The van der Waals surface area contributed by atoms with E-state index in [9.17, 15) is 14.3 Å². The minimum atomic E-state index is -0.961. The van der Waals surface area contributed by atoms with Crippen LogP contribution in [-0.4, -0.2) is 21.0 Å². The first-order chi connectivity index (χ1) is 11.5. The standard InChI is InChI=1S/C19H15FN2O2/c1-12-6-7-14(16(8-12)19(23)24)9-13-10-21-18(22-11-13)15-4-2-3-5-17(15)20/h2-8,10-11H,9H2,1H3,(H,23,24). The minimum Gasteiger partial charge on any atom is -0.478 e. The molecule has 0 spiro atoms. The van der Waals surface area contributed by atoms with Crippen molar-refractivity contribution >= 4 is 5.97 Å². The van der Waals surface area contributed by atoms with Gasteiger partial charge in [0.1, 0.15) is 5.82 Å². The van der Waals surface area contributed by atoms with Crippen LogP contribution in [0.25, 0.3) is 11.4 Å². The van der Waals surface area contributed by atoms with Crippen LogP contribution in [0.2, 0.25) is 0 Å². The van der Waals surface area contributed by atoms with E-state index in [-0.39, 0.29) is 11.4 Å². The van der Waals surface area contributed by atoms with Gasteiger partial charge in [-0.05, 0) is 36.2 Å². The Morgan fingerprint density at radius 2 is 1.83 bits per heavy atom. The van der Waals surface area contributed by atoms with Crippen molar-refractivity contribution in [1.82, 2.24) is 9.97 Å². The van der Waals surface area contributed by atoms with Crippen LogP contribution in [0.1, 0.15) is 27.0 Å². The van der Waals surface area contributed by atoms with Crippen LogP contribution in [0.4, 0.5) is 4.39 Å². The fourth-order valence-corrected chi connectivity index (χ4v) is 2.49. The van der Waals surface area contributed by atoms with Crippen LogP contribution in [0.15, 0.2) is 54.9 Å². The molecule has 0 saturated heterocycles. The molecule has 5 heteroatoms. The molecule has 0 fully saturated rings. The zero-order valence-corrected chi connectivity index (χ0v) is 13.0. The topological polar surface area (TPSA) is 63.1 Å². The van der Waals surface area contributed by atoms with Gasteiger partial charge in [0.05, 0.1) is 11.1 Å². The van der Waals surface area contributed by atoms with E-state index >= 15 is 0 Å². The Morgan fingerprint density at radius 1 is 1.12 bits per heavy atom. The highest BCUT2D eigenvalue weighted by Crippen LogP contribution is 2.20. The highest BCUT2D eigenvalue weighted by molar-refractivity contribution is 5.89. The molecular formula is C19H15FN2O2. The van der Waals surface area contributed by atoms with Gasteiger partial charge < -0.3 is 5.11 Å². The van der Waals surface area contributed by atoms with Gasteiger partial charge in [-0.25, -0.2) is 19.2 Å². The molecule has 1 aromatic heterocycles. The maximum absolute atomic E-state index is 13.8. The van der Waals surface area contributed by atoms with Gasteiger partial charge in [-0.3, -0.25) is 0 Å². The largest absolute Gasteiger partial charge is 0.478 e. The number of carboxylic acids is 1. The normalized spacial score (nSPS) is 10.6. The number of halogens is 1. The second-order valence-electron chi connectivity index (χ2n) is 5.54. The molecule has 0 atom stereocenters. The third-order valence-electron chi connectivity index (χ3n) is 3.71. The Labute approximate surface area is 138 Å². The number of aromatic carboxylic acids is 1. The van der Waals surface area contributed by atoms with Gasteiger partial charge >= 0.3 is 5.97 Å². The zero-order valence-electron chi connectivity index (χ0n) is 13.0. The van der Waals surface area contributed by atoms with Gasteiger partial charge in [0.15, 0.2) is 5.82 Å². The Bertz CT molecular complexity index is 892. The summed E-state index contributed by atoms with van der Waals surface area (Å²) in [4.78, 5) is 19.8. The van der Waals surface area contributed by atoms with Gasteiger partial charge in [0.25, 0.3) is 0 Å². The molecule has 0 radical (unpaired) electrons. The molecule has 0 aliphatic rings. The van der Waals surface area contributed by atoms with E-state index in [0.29, 0.717) is 23.4 Å². The quantitative estimate of drug-likeness (QED) is 0.792. The molecule has 2 aromatic carbocycles. The number of aromatic nitrogens is 2. The van der Waals surface area contributed by atoms with Crippen molar-refractivity contribution in [2.24, 2.45) is 0 Å². The lowest BCUT2D eigenvalue weighted by Gasteiger charge is -2.08. The van der Waals surface area contributed by atoms with Crippen molar-refractivity contribution in [3.8, 4) is 11.4 Å². The number of rotatable bonds is 4. The summed E-state index contributed by atoms with van der Waals surface area (Å²) in [7, 11) is 0. The first-order valence-electron chi connectivity index (χ1n) is 7.43. The SMILES string of the molecule is Cc1ccc(Cc2cnc(-c3ccccc3F)nc2)c(C(=O)O)c1. The van der Waals surface area contributed by atoms with E-state index < -0.39 is 5.97 Å². The number of carboxylic acid groups (broad SMARTS) is 1. The van der Waals surface area contributed by atoms with Crippen molar-refractivity contribution in [3.63, 3.8) is 0 Å². The summed E-state index contributed by atoms with van der Waals surface area (Å²) in [5.41, 5.74) is 2.96. The lowest BCUT2D eigenvalue weighted by atomic mass is 9.99. The van der Waals surface area contributed by atoms with Gasteiger partial charge in [-0.1, -0.05) is 29.8 Å². The van der Waals surface area contributed by atoms with Crippen LogP contribution < -0.4 is 0 Å². The van der Waals surface area contributed by atoms with E-state index in [1.165, 1.54) is 6.07 Å². The second kappa shape index (κ2) is 6.58. The molecule has 1 N–H and O–H groups in total. The van der Waals surface area contributed by atoms with E-state index in [1.54, 1.807) is 42.7 Å². The average molecular weight is 322 g/mol. The minimum absolute atomic E-state index is 0.271. The fourth-order valence-electron chi connectivity index (χ4n) is 2.49. The van der Waals surface area contributed by atoms with Crippen LogP contribution >= 0.6 is 0 Å². The molecule has 0 saturated carbocycles. The second-order valence-corrected chi connectivity index (χ2v) is 5.54.